The highest BCUT2D eigenvalue weighted by molar-refractivity contribution is 7.16. The maximum atomic E-state index is 12.9. The molecular formula is C21H14N2O7S. The lowest BCUT2D eigenvalue weighted by Crippen LogP contribution is -2.23. The van der Waals surface area contributed by atoms with E-state index in [1.165, 1.54) is 23.0 Å². The Morgan fingerprint density at radius 2 is 1.97 bits per heavy atom. The van der Waals surface area contributed by atoms with Crippen LogP contribution in [0.5, 0.6) is 11.5 Å². The quantitative estimate of drug-likeness (QED) is 0.452. The van der Waals surface area contributed by atoms with Crippen molar-refractivity contribution in [1.82, 2.24) is 4.57 Å². The fourth-order valence-corrected chi connectivity index (χ4v) is 4.30. The van der Waals surface area contributed by atoms with Crippen LogP contribution in [0, 0.1) is 0 Å². The van der Waals surface area contributed by atoms with Crippen LogP contribution in [-0.4, -0.2) is 30.3 Å². The van der Waals surface area contributed by atoms with Gasteiger partial charge in [-0.15, -0.1) is 0 Å². The van der Waals surface area contributed by atoms with E-state index in [0.717, 1.165) is 11.0 Å². The van der Waals surface area contributed by atoms with Crippen molar-refractivity contribution in [2.75, 3.05) is 13.9 Å². The number of hydrogen-bond acceptors (Lipinski definition) is 8. The van der Waals surface area contributed by atoms with Gasteiger partial charge in [0, 0.05) is 12.1 Å². The molecule has 0 fully saturated rings. The molecular weight excluding hydrogens is 424 g/mol. The van der Waals surface area contributed by atoms with Crippen LogP contribution in [0.2, 0.25) is 0 Å². The number of thiazole rings is 1. The number of ether oxygens (including phenoxy) is 3. The van der Waals surface area contributed by atoms with Crippen LogP contribution in [0.1, 0.15) is 10.4 Å². The van der Waals surface area contributed by atoms with Crippen LogP contribution in [0.4, 0.5) is 0 Å². The summed E-state index contributed by atoms with van der Waals surface area (Å²) in [6.45, 7) is -0.0638. The Hall–Kier alpha value is -3.92. The Morgan fingerprint density at radius 1 is 1.19 bits per heavy atom. The number of aromatic nitrogens is 1. The third-order valence-electron chi connectivity index (χ3n) is 4.80. The van der Waals surface area contributed by atoms with Crippen LogP contribution in [0.3, 0.4) is 0 Å². The van der Waals surface area contributed by atoms with E-state index in [1.807, 2.05) is 0 Å². The van der Waals surface area contributed by atoms with Crippen molar-refractivity contribution in [2.24, 2.45) is 4.99 Å². The smallest absolute Gasteiger partial charge is 0.325 e. The average molecular weight is 438 g/mol. The van der Waals surface area contributed by atoms with Gasteiger partial charge in [0.25, 0.3) is 5.91 Å². The van der Waals surface area contributed by atoms with Gasteiger partial charge in [-0.05, 0) is 12.1 Å². The summed E-state index contributed by atoms with van der Waals surface area (Å²) in [5.41, 5.74) is 0.324. The molecule has 9 nitrogen and oxygen atoms in total. The van der Waals surface area contributed by atoms with Gasteiger partial charge in [-0.25, -0.2) is 0 Å². The second-order valence-corrected chi connectivity index (χ2v) is 7.62. The van der Waals surface area contributed by atoms with Crippen molar-refractivity contribution in [3.8, 4) is 11.5 Å². The highest BCUT2D eigenvalue weighted by Gasteiger charge is 2.20. The maximum Gasteiger partial charge on any atom is 0.325 e. The van der Waals surface area contributed by atoms with E-state index >= 15 is 0 Å². The molecule has 2 aromatic carbocycles. The third-order valence-corrected chi connectivity index (χ3v) is 5.84. The zero-order valence-electron chi connectivity index (χ0n) is 16.1. The van der Waals surface area contributed by atoms with Crippen molar-refractivity contribution in [3.63, 3.8) is 0 Å². The molecule has 4 aromatic rings. The number of nitrogens with zero attached hydrogens (tertiary/aromatic N) is 2. The zero-order chi connectivity index (χ0) is 21.5. The topological polar surface area (TPSA) is 109 Å². The zero-order valence-corrected chi connectivity index (χ0v) is 16.9. The number of rotatable bonds is 3. The molecule has 5 rings (SSSR count). The van der Waals surface area contributed by atoms with E-state index in [0.29, 0.717) is 22.6 Å². The first-order chi connectivity index (χ1) is 15.0. The first kappa shape index (κ1) is 19.1. The normalized spacial score (nSPS) is 13.1. The predicted octanol–water partition coefficient (Wildman–Crippen LogP) is 2.45. The van der Waals surface area contributed by atoms with Crippen LogP contribution in [0.15, 0.2) is 56.9 Å². The minimum absolute atomic E-state index is 0.108. The lowest BCUT2D eigenvalue weighted by molar-refractivity contribution is -0.141. The SMILES string of the molecule is COC(=O)Cn1c(=NC(=O)c2coc3ccccc3c2=O)sc2cc3c(cc21)OCO3. The van der Waals surface area contributed by atoms with E-state index in [2.05, 4.69) is 4.99 Å². The summed E-state index contributed by atoms with van der Waals surface area (Å²) in [7, 11) is 1.27. The largest absolute Gasteiger partial charge is 0.468 e. The van der Waals surface area contributed by atoms with Crippen molar-refractivity contribution < 1.29 is 28.2 Å². The number of carbonyl (C=O) groups is 2. The first-order valence-electron chi connectivity index (χ1n) is 9.14. The van der Waals surface area contributed by atoms with E-state index < -0.39 is 17.3 Å². The third kappa shape index (κ3) is 3.26. The fraction of sp³-hybridized carbons (Fsp3) is 0.143. The molecule has 0 saturated heterocycles. The van der Waals surface area contributed by atoms with Gasteiger partial charge in [-0.1, -0.05) is 23.5 Å². The number of methoxy groups -OCH3 is 1. The minimum atomic E-state index is -0.773. The second kappa shape index (κ2) is 7.40. The summed E-state index contributed by atoms with van der Waals surface area (Å²) in [4.78, 5) is 41.9. The number of fused-ring (bicyclic) bond motifs is 3. The standard InChI is InChI=1S/C21H14N2O7S/c1-27-18(24)8-23-13-6-15-16(30-10-29-15)7-17(13)31-21(23)22-20(26)12-9-28-14-5-3-2-4-11(14)19(12)25/h2-7,9H,8,10H2,1H3. The van der Waals surface area contributed by atoms with Gasteiger partial charge in [0.2, 0.25) is 12.2 Å². The number of benzene rings is 2. The molecule has 0 bridgehead atoms. The van der Waals surface area contributed by atoms with Crippen molar-refractivity contribution in [3.05, 3.63) is 63.2 Å². The molecule has 1 aliphatic heterocycles. The molecule has 0 N–H and O–H groups in total. The lowest BCUT2D eigenvalue weighted by atomic mass is 10.2. The number of amides is 1. The maximum absolute atomic E-state index is 12.9. The van der Waals surface area contributed by atoms with E-state index in [-0.39, 0.29) is 29.1 Å². The molecule has 0 spiro atoms. The van der Waals surface area contributed by atoms with Crippen molar-refractivity contribution in [1.29, 1.82) is 0 Å². The van der Waals surface area contributed by atoms with Crippen LogP contribution in [-0.2, 0) is 16.1 Å². The Kier molecular flexibility index (Phi) is 4.55. The summed E-state index contributed by atoms with van der Waals surface area (Å²) in [5.74, 6) is -0.204. The number of hydrogen-bond donors (Lipinski definition) is 0. The highest BCUT2D eigenvalue weighted by atomic mass is 32.1. The van der Waals surface area contributed by atoms with Crippen molar-refractivity contribution in [2.45, 2.75) is 6.54 Å². The average Bonchev–Trinajstić information content (AvgIpc) is 3.36. The van der Waals surface area contributed by atoms with Gasteiger partial charge < -0.3 is 23.2 Å². The molecule has 0 atom stereocenters. The summed E-state index contributed by atoms with van der Waals surface area (Å²) >= 11 is 1.17. The highest BCUT2D eigenvalue weighted by Crippen LogP contribution is 2.37. The molecule has 1 amide bonds. The monoisotopic (exact) mass is 438 g/mol. The van der Waals surface area contributed by atoms with Gasteiger partial charge in [-0.2, -0.15) is 4.99 Å². The van der Waals surface area contributed by atoms with Gasteiger partial charge in [0.05, 0.1) is 22.7 Å². The molecule has 0 aliphatic carbocycles. The van der Waals surface area contributed by atoms with Gasteiger partial charge in [-0.3, -0.25) is 14.4 Å². The molecule has 3 heterocycles. The Balaban J connectivity index is 1.67. The molecule has 1 aliphatic rings. The number of para-hydroxylation sites is 1. The van der Waals surface area contributed by atoms with Crippen LogP contribution >= 0.6 is 11.3 Å². The molecule has 156 valence electrons. The number of carbonyl (C=O) groups excluding carboxylic acids is 2. The van der Waals surface area contributed by atoms with E-state index in [1.54, 1.807) is 36.4 Å². The first-order valence-corrected chi connectivity index (χ1v) is 9.96. The number of esters is 1. The van der Waals surface area contributed by atoms with Gasteiger partial charge in [0.15, 0.2) is 16.3 Å². The summed E-state index contributed by atoms with van der Waals surface area (Å²) in [5, 5.41) is 0.285. The summed E-state index contributed by atoms with van der Waals surface area (Å²) in [6.07, 6.45) is 1.10. The molecule has 2 aromatic heterocycles. The van der Waals surface area contributed by atoms with Crippen LogP contribution in [0.25, 0.3) is 21.2 Å². The van der Waals surface area contributed by atoms with Gasteiger partial charge >= 0.3 is 5.97 Å². The predicted molar refractivity (Wildman–Crippen MR) is 110 cm³/mol. The fourth-order valence-electron chi connectivity index (χ4n) is 3.26. The minimum Gasteiger partial charge on any atom is -0.468 e. The summed E-state index contributed by atoms with van der Waals surface area (Å²) < 4.78 is 23.3. The Bertz CT molecular complexity index is 1500. The molecule has 31 heavy (non-hydrogen) atoms. The molecule has 0 saturated carbocycles. The Morgan fingerprint density at radius 3 is 2.77 bits per heavy atom. The molecule has 0 radical (unpaired) electrons. The van der Waals surface area contributed by atoms with E-state index in [9.17, 15) is 14.4 Å². The van der Waals surface area contributed by atoms with Gasteiger partial charge in [0.1, 0.15) is 24.0 Å². The van der Waals surface area contributed by atoms with Crippen LogP contribution < -0.4 is 19.7 Å². The van der Waals surface area contributed by atoms with E-state index in [4.69, 9.17) is 18.6 Å². The second-order valence-electron chi connectivity index (χ2n) is 6.61. The lowest BCUT2D eigenvalue weighted by Gasteiger charge is -2.04. The van der Waals surface area contributed by atoms with Crippen molar-refractivity contribution >= 4 is 44.4 Å². The Labute approximate surface area is 177 Å². The molecule has 10 heteroatoms. The molecule has 0 unspecified atom stereocenters. The summed E-state index contributed by atoms with van der Waals surface area (Å²) in [6, 6.07) is 10.1.